The fourth-order valence-corrected chi connectivity index (χ4v) is 4.40. The molecule has 172 valence electrons. The van der Waals surface area contributed by atoms with E-state index in [-0.39, 0.29) is 4.90 Å². The van der Waals surface area contributed by atoms with Gasteiger partial charge in [-0.05, 0) is 37.3 Å². The van der Waals surface area contributed by atoms with Gasteiger partial charge in [0.15, 0.2) is 6.61 Å². The summed E-state index contributed by atoms with van der Waals surface area (Å²) in [6.45, 7) is 6.04. The molecule has 0 heterocycles. The average Bonchev–Trinajstić information content (AvgIpc) is 2.78. The van der Waals surface area contributed by atoms with Gasteiger partial charge in [-0.1, -0.05) is 38.1 Å². The second kappa shape index (κ2) is 12.0. The maximum Gasteiger partial charge on any atom is 0.331 e. The first-order valence-corrected chi connectivity index (χ1v) is 11.7. The van der Waals surface area contributed by atoms with Crippen LogP contribution in [0.25, 0.3) is 6.08 Å². The molecule has 0 atom stereocenters. The van der Waals surface area contributed by atoms with Crippen molar-refractivity contribution in [1.82, 2.24) is 4.31 Å². The minimum Gasteiger partial charge on any atom is -0.493 e. The van der Waals surface area contributed by atoms with Crippen LogP contribution in [0.4, 0.5) is 5.69 Å². The number of hydrogen-bond donors (Lipinski definition) is 1. The van der Waals surface area contributed by atoms with Crippen LogP contribution < -0.4 is 10.1 Å². The number of ether oxygens (including phenoxy) is 2. The molecule has 0 spiro atoms. The fourth-order valence-electron chi connectivity index (χ4n) is 2.89. The molecule has 0 fully saturated rings. The number of sulfonamides is 1. The Labute approximate surface area is 188 Å². The van der Waals surface area contributed by atoms with Gasteiger partial charge in [0.25, 0.3) is 5.91 Å². The first-order chi connectivity index (χ1) is 15.3. The molecule has 9 heteroatoms. The SMILES string of the molecule is CCOc1ccccc1/C=C/C(=O)OCC(=O)Nc1cccc(S(=O)(=O)N(CC)CC)c1. The predicted octanol–water partition coefficient (Wildman–Crippen LogP) is 3.31. The Kier molecular flexibility index (Phi) is 9.42. The van der Waals surface area contributed by atoms with Gasteiger partial charge in [-0.15, -0.1) is 0 Å². The number of amides is 1. The number of rotatable bonds is 11. The number of carbonyl (C=O) groups excluding carboxylic acids is 2. The van der Waals surface area contributed by atoms with Crippen molar-refractivity contribution in [2.24, 2.45) is 0 Å². The van der Waals surface area contributed by atoms with Gasteiger partial charge in [0.05, 0.1) is 11.5 Å². The molecular weight excluding hydrogens is 432 g/mol. The Bertz CT molecular complexity index is 1060. The highest BCUT2D eigenvalue weighted by Crippen LogP contribution is 2.20. The fraction of sp³-hybridized carbons (Fsp3) is 0.304. The van der Waals surface area contributed by atoms with E-state index < -0.39 is 28.5 Å². The molecule has 2 aromatic carbocycles. The topological polar surface area (TPSA) is 102 Å². The van der Waals surface area contributed by atoms with Gasteiger partial charge < -0.3 is 14.8 Å². The van der Waals surface area contributed by atoms with Crippen molar-refractivity contribution < 1.29 is 27.5 Å². The van der Waals surface area contributed by atoms with Crippen molar-refractivity contribution in [2.45, 2.75) is 25.7 Å². The summed E-state index contributed by atoms with van der Waals surface area (Å²) >= 11 is 0. The second-order valence-corrected chi connectivity index (χ2v) is 8.52. The maximum atomic E-state index is 12.6. The number of esters is 1. The van der Waals surface area contributed by atoms with Crippen LogP contribution in [0.2, 0.25) is 0 Å². The quantitative estimate of drug-likeness (QED) is 0.408. The Morgan fingerprint density at radius 1 is 1.03 bits per heavy atom. The average molecular weight is 461 g/mol. The summed E-state index contributed by atoms with van der Waals surface area (Å²) in [4.78, 5) is 24.2. The first kappa shape index (κ1) is 25.1. The lowest BCUT2D eigenvalue weighted by Crippen LogP contribution is -2.30. The van der Waals surface area contributed by atoms with Crippen LogP contribution in [0.15, 0.2) is 59.5 Å². The lowest BCUT2D eigenvalue weighted by atomic mass is 10.2. The summed E-state index contributed by atoms with van der Waals surface area (Å²) in [5.74, 6) is -0.639. The van der Waals surface area contributed by atoms with Crippen molar-refractivity contribution in [3.8, 4) is 5.75 Å². The summed E-state index contributed by atoms with van der Waals surface area (Å²) in [7, 11) is -3.65. The van der Waals surface area contributed by atoms with E-state index in [1.54, 1.807) is 38.1 Å². The van der Waals surface area contributed by atoms with Crippen molar-refractivity contribution >= 4 is 33.7 Å². The Morgan fingerprint density at radius 3 is 2.44 bits per heavy atom. The number of hydrogen-bond acceptors (Lipinski definition) is 6. The third-order valence-electron chi connectivity index (χ3n) is 4.42. The Balaban J connectivity index is 1.95. The minimum absolute atomic E-state index is 0.0758. The van der Waals surface area contributed by atoms with Crippen LogP contribution in [-0.4, -0.2) is 50.9 Å². The van der Waals surface area contributed by atoms with Gasteiger partial charge in [-0.25, -0.2) is 13.2 Å². The predicted molar refractivity (Wildman–Crippen MR) is 123 cm³/mol. The number of benzene rings is 2. The summed E-state index contributed by atoms with van der Waals surface area (Å²) < 4.78 is 37.0. The van der Waals surface area contributed by atoms with E-state index in [1.165, 1.54) is 28.6 Å². The van der Waals surface area contributed by atoms with Crippen LogP contribution in [-0.2, 0) is 24.3 Å². The molecule has 0 aliphatic heterocycles. The molecule has 0 aliphatic rings. The van der Waals surface area contributed by atoms with E-state index in [2.05, 4.69) is 5.32 Å². The monoisotopic (exact) mass is 460 g/mol. The molecule has 0 bridgehead atoms. The molecule has 1 amide bonds. The zero-order chi connectivity index (χ0) is 23.6. The first-order valence-electron chi connectivity index (χ1n) is 10.3. The maximum absolute atomic E-state index is 12.6. The number of nitrogens with zero attached hydrogens (tertiary/aromatic N) is 1. The van der Waals surface area contributed by atoms with Gasteiger partial charge >= 0.3 is 5.97 Å². The largest absolute Gasteiger partial charge is 0.493 e. The van der Waals surface area contributed by atoms with Crippen molar-refractivity contribution in [3.05, 3.63) is 60.2 Å². The van der Waals surface area contributed by atoms with Gasteiger partial charge in [-0.2, -0.15) is 4.31 Å². The summed E-state index contributed by atoms with van der Waals surface area (Å²) in [5, 5.41) is 2.54. The molecule has 2 rings (SSSR count). The lowest BCUT2D eigenvalue weighted by molar-refractivity contribution is -0.142. The van der Waals surface area contributed by atoms with Crippen LogP contribution in [0.1, 0.15) is 26.3 Å². The summed E-state index contributed by atoms with van der Waals surface area (Å²) in [6, 6.07) is 13.2. The van der Waals surface area contributed by atoms with Crippen LogP contribution in [0.3, 0.4) is 0 Å². The van der Waals surface area contributed by atoms with Crippen LogP contribution >= 0.6 is 0 Å². The van der Waals surface area contributed by atoms with Crippen LogP contribution in [0, 0.1) is 0 Å². The molecule has 0 saturated heterocycles. The number of anilines is 1. The summed E-state index contributed by atoms with van der Waals surface area (Å²) in [5.41, 5.74) is 1.00. The van der Waals surface area contributed by atoms with E-state index in [4.69, 9.17) is 9.47 Å². The number of carbonyl (C=O) groups is 2. The molecule has 2 aromatic rings. The number of para-hydroxylation sites is 1. The molecular formula is C23H28N2O6S. The van der Waals surface area contributed by atoms with E-state index in [1.807, 2.05) is 19.1 Å². The molecule has 1 N–H and O–H groups in total. The van der Waals surface area contributed by atoms with E-state index in [9.17, 15) is 18.0 Å². The minimum atomic E-state index is -3.65. The van der Waals surface area contributed by atoms with E-state index in [0.717, 1.165) is 0 Å². The van der Waals surface area contributed by atoms with Gasteiger partial charge in [-0.3, -0.25) is 4.79 Å². The molecule has 0 saturated carbocycles. The highest BCUT2D eigenvalue weighted by molar-refractivity contribution is 7.89. The number of nitrogens with one attached hydrogen (secondary N) is 1. The standard InChI is InChI=1S/C23H28N2O6S/c1-4-25(5-2)32(28,29)20-12-9-11-19(16-20)24-22(26)17-31-23(27)15-14-18-10-7-8-13-21(18)30-6-3/h7-16H,4-6,17H2,1-3H3,(H,24,26)/b15-14+. The van der Waals surface area contributed by atoms with Crippen LogP contribution in [0.5, 0.6) is 5.75 Å². The van der Waals surface area contributed by atoms with Crippen molar-refractivity contribution in [3.63, 3.8) is 0 Å². The smallest absolute Gasteiger partial charge is 0.331 e. The molecule has 0 unspecified atom stereocenters. The molecule has 8 nitrogen and oxygen atoms in total. The van der Waals surface area contributed by atoms with E-state index in [0.29, 0.717) is 36.7 Å². The molecule has 0 radical (unpaired) electrons. The molecule has 0 aliphatic carbocycles. The zero-order valence-electron chi connectivity index (χ0n) is 18.4. The second-order valence-electron chi connectivity index (χ2n) is 6.58. The molecule has 0 aromatic heterocycles. The highest BCUT2D eigenvalue weighted by atomic mass is 32.2. The van der Waals surface area contributed by atoms with Crippen molar-refractivity contribution in [2.75, 3.05) is 31.6 Å². The third-order valence-corrected chi connectivity index (χ3v) is 6.47. The van der Waals surface area contributed by atoms with Crippen molar-refractivity contribution in [1.29, 1.82) is 0 Å². The van der Waals surface area contributed by atoms with E-state index >= 15 is 0 Å². The Hall–Kier alpha value is -3.17. The zero-order valence-corrected chi connectivity index (χ0v) is 19.2. The summed E-state index contributed by atoms with van der Waals surface area (Å²) in [6.07, 6.45) is 2.76. The normalized spacial score (nSPS) is 11.5. The van der Waals surface area contributed by atoms with Gasteiger partial charge in [0, 0.05) is 30.4 Å². The lowest BCUT2D eigenvalue weighted by Gasteiger charge is -2.18. The third kappa shape index (κ3) is 6.93. The Morgan fingerprint density at radius 2 is 1.75 bits per heavy atom. The highest BCUT2D eigenvalue weighted by Gasteiger charge is 2.21. The molecule has 32 heavy (non-hydrogen) atoms. The van der Waals surface area contributed by atoms with Gasteiger partial charge in [0.1, 0.15) is 5.75 Å². The van der Waals surface area contributed by atoms with Gasteiger partial charge in [0.2, 0.25) is 10.0 Å².